The van der Waals surface area contributed by atoms with Crippen molar-refractivity contribution in [2.24, 2.45) is 0 Å². The summed E-state index contributed by atoms with van der Waals surface area (Å²) in [5, 5.41) is 0. The van der Waals surface area contributed by atoms with Crippen LogP contribution < -0.4 is 7.59 Å². The number of benzene rings is 1. The zero-order chi connectivity index (χ0) is 9.84. The van der Waals surface area contributed by atoms with Crippen molar-refractivity contribution in [3.05, 3.63) is 22.7 Å². The Morgan fingerprint density at radius 2 is 2.15 bits per heavy atom. The van der Waals surface area contributed by atoms with Gasteiger partial charge in [-0.15, -0.1) is 0 Å². The van der Waals surface area contributed by atoms with E-state index in [9.17, 15) is 4.57 Å². The molecule has 0 saturated heterocycles. The molecule has 0 aromatic heterocycles. The van der Waals surface area contributed by atoms with Crippen LogP contribution in [-0.2, 0) is 4.57 Å². The maximum Gasteiger partial charge on any atom is 0.365 e. The standard InChI is InChI=1S/C6H5BrIO4P/c7-4-1-2-5(11-8)6(3-4)12-13(9)10/h1-3,13H,(H,9,10). The predicted molar refractivity (Wildman–Crippen MR) is 60.6 cm³/mol. The molecule has 1 aromatic rings. The minimum Gasteiger partial charge on any atom is -0.424 e. The van der Waals surface area contributed by atoms with Gasteiger partial charge in [0.25, 0.3) is 0 Å². The fraction of sp³-hybridized carbons (Fsp3) is 0. The van der Waals surface area contributed by atoms with Crippen LogP contribution >= 0.6 is 47.2 Å². The summed E-state index contributed by atoms with van der Waals surface area (Å²) in [6, 6.07) is 4.94. The summed E-state index contributed by atoms with van der Waals surface area (Å²) in [7, 11) is -2.99. The molecule has 0 spiro atoms. The quantitative estimate of drug-likeness (QED) is 0.649. The van der Waals surface area contributed by atoms with E-state index in [-0.39, 0.29) is 5.75 Å². The van der Waals surface area contributed by atoms with Crippen molar-refractivity contribution in [1.29, 1.82) is 0 Å². The Hall–Kier alpha value is 0.220. The molecule has 7 heteroatoms. The molecule has 0 heterocycles. The van der Waals surface area contributed by atoms with Crippen molar-refractivity contribution >= 4 is 47.2 Å². The summed E-state index contributed by atoms with van der Waals surface area (Å²) < 4.78 is 20.7. The molecule has 0 amide bonds. The Kier molecular flexibility index (Phi) is 4.51. The van der Waals surface area contributed by atoms with Crippen molar-refractivity contribution in [2.45, 2.75) is 0 Å². The van der Waals surface area contributed by atoms with Crippen LogP contribution in [0.25, 0.3) is 0 Å². The van der Waals surface area contributed by atoms with Crippen molar-refractivity contribution in [1.82, 2.24) is 0 Å². The van der Waals surface area contributed by atoms with Crippen molar-refractivity contribution in [3.63, 3.8) is 0 Å². The number of hydrogen-bond donors (Lipinski definition) is 1. The molecule has 0 aliphatic rings. The second kappa shape index (κ2) is 5.19. The van der Waals surface area contributed by atoms with Crippen LogP contribution in [0.5, 0.6) is 11.5 Å². The number of halogens is 2. The maximum absolute atomic E-state index is 10.4. The molecule has 0 radical (unpaired) electrons. The summed E-state index contributed by atoms with van der Waals surface area (Å²) in [5.74, 6) is 0.659. The van der Waals surface area contributed by atoms with E-state index >= 15 is 0 Å². The van der Waals surface area contributed by atoms with E-state index < -0.39 is 8.25 Å². The SMILES string of the molecule is O=[PH](O)Oc1cc(Br)ccc1OI. The fourth-order valence-corrected chi connectivity index (χ4v) is 1.77. The van der Waals surface area contributed by atoms with Crippen molar-refractivity contribution in [3.8, 4) is 11.5 Å². The Bertz CT molecular complexity index is 332. The normalized spacial score (nSPS) is 12.2. The molecule has 0 fully saturated rings. The van der Waals surface area contributed by atoms with Gasteiger partial charge >= 0.3 is 8.25 Å². The lowest BCUT2D eigenvalue weighted by molar-refractivity contribution is 0.406. The van der Waals surface area contributed by atoms with Gasteiger partial charge in [-0.25, -0.2) is 4.57 Å². The molecule has 4 nitrogen and oxygen atoms in total. The highest BCUT2D eigenvalue weighted by atomic mass is 127. The van der Waals surface area contributed by atoms with E-state index in [2.05, 4.69) is 20.5 Å². The molecule has 72 valence electrons. The van der Waals surface area contributed by atoms with Gasteiger partial charge in [0.1, 0.15) is 0 Å². The first-order valence-corrected chi connectivity index (χ1v) is 6.06. The zero-order valence-electron chi connectivity index (χ0n) is 6.16. The largest absolute Gasteiger partial charge is 0.424 e. The smallest absolute Gasteiger partial charge is 0.365 e. The molecule has 1 atom stereocenters. The van der Waals surface area contributed by atoms with Gasteiger partial charge in [-0.2, -0.15) is 0 Å². The summed E-state index contributed by atoms with van der Waals surface area (Å²) >= 11 is 4.87. The third kappa shape index (κ3) is 3.46. The first-order chi connectivity index (χ1) is 6.13. The lowest BCUT2D eigenvalue weighted by Gasteiger charge is -2.06. The Morgan fingerprint density at radius 1 is 1.46 bits per heavy atom. The van der Waals surface area contributed by atoms with E-state index in [1.54, 1.807) is 41.2 Å². The molecule has 1 N–H and O–H groups in total. The van der Waals surface area contributed by atoms with Crippen LogP contribution in [0.1, 0.15) is 0 Å². The second-order valence-corrected chi connectivity index (χ2v) is 4.13. The minimum atomic E-state index is -2.99. The van der Waals surface area contributed by atoms with E-state index in [0.717, 1.165) is 4.47 Å². The Labute approximate surface area is 98.0 Å². The van der Waals surface area contributed by atoms with Gasteiger partial charge in [-0.1, -0.05) is 15.9 Å². The highest BCUT2D eigenvalue weighted by Crippen LogP contribution is 2.36. The van der Waals surface area contributed by atoms with E-state index in [1.807, 2.05) is 0 Å². The zero-order valence-corrected chi connectivity index (χ0v) is 10.9. The molecular weight excluding hydrogens is 374 g/mol. The third-order valence-corrected chi connectivity index (χ3v) is 2.55. The second-order valence-electron chi connectivity index (χ2n) is 2.04. The van der Waals surface area contributed by atoms with Gasteiger partial charge < -0.3 is 12.5 Å². The Balaban J connectivity index is 3.01. The molecule has 1 aromatic carbocycles. The topological polar surface area (TPSA) is 55.8 Å². The van der Waals surface area contributed by atoms with E-state index in [0.29, 0.717) is 5.75 Å². The number of rotatable bonds is 3. The van der Waals surface area contributed by atoms with Gasteiger partial charge in [0.15, 0.2) is 34.5 Å². The molecule has 0 bridgehead atoms. The lowest BCUT2D eigenvalue weighted by Crippen LogP contribution is -1.84. The van der Waals surface area contributed by atoms with E-state index in [4.69, 9.17) is 7.96 Å². The van der Waals surface area contributed by atoms with Gasteiger partial charge in [0, 0.05) is 4.47 Å². The maximum atomic E-state index is 10.4. The van der Waals surface area contributed by atoms with Crippen LogP contribution in [0.15, 0.2) is 22.7 Å². The van der Waals surface area contributed by atoms with Gasteiger partial charge in [-0.05, 0) is 18.2 Å². The average molecular weight is 379 g/mol. The minimum absolute atomic E-state index is 0.246. The van der Waals surface area contributed by atoms with Crippen LogP contribution in [0.3, 0.4) is 0 Å². The lowest BCUT2D eigenvalue weighted by atomic mass is 10.3. The predicted octanol–water partition coefficient (Wildman–Crippen LogP) is 2.94. The fourth-order valence-electron chi connectivity index (χ4n) is 0.719. The van der Waals surface area contributed by atoms with Crippen molar-refractivity contribution < 1.29 is 17.0 Å². The first-order valence-electron chi connectivity index (χ1n) is 3.12. The summed E-state index contributed by atoms with van der Waals surface area (Å²) in [6.07, 6.45) is 0. The van der Waals surface area contributed by atoms with Crippen LogP contribution in [0, 0.1) is 0 Å². The van der Waals surface area contributed by atoms with Gasteiger partial charge in [0.2, 0.25) is 0 Å². The van der Waals surface area contributed by atoms with Crippen LogP contribution in [-0.4, -0.2) is 4.89 Å². The number of hydrogen-bond acceptors (Lipinski definition) is 3. The first kappa shape index (κ1) is 11.3. The van der Waals surface area contributed by atoms with Gasteiger partial charge in [-0.3, -0.25) is 0 Å². The van der Waals surface area contributed by atoms with Crippen LogP contribution in [0.4, 0.5) is 0 Å². The average Bonchev–Trinajstić information content (AvgIpc) is 2.03. The summed E-state index contributed by atoms with van der Waals surface area (Å²) in [5.41, 5.74) is 0. The molecule has 1 rings (SSSR count). The van der Waals surface area contributed by atoms with Crippen molar-refractivity contribution in [2.75, 3.05) is 0 Å². The molecule has 0 aliphatic heterocycles. The summed E-state index contributed by atoms with van der Waals surface area (Å²) in [4.78, 5) is 8.57. The van der Waals surface area contributed by atoms with Gasteiger partial charge in [0.05, 0.1) is 0 Å². The highest BCUT2D eigenvalue weighted by molar-refractivity contribution is 14.1. The Morgan fingerprint density at radius 3 is 2.69 bits per heavy atom. The molecular formula is C6H5BrIO4P. The van der Waals surface area contributed by atoms with E-state index in [1.165, 1.54) is 0 Å². The molecule has 1 unspecified atom stereocenters. The molecule has 0 saturated carbocycles. The third-order valence-electron chi connectivity index (χ3n) is 1.19. The monoisotopic (exact) mass is 378 g/mol. The molecule has 13 heavy (non-hydrogen) atoms. The highest BCUT2D eigenvalue weighted by Gasteiger charge is 2.07. The van der Waals surface area contributed by atoms with Crippen LogP contribution in [0.2, 0.25) is 0 Å². The summed E-state index contributed by atoms with van der Waals surface area (Å²) in [6.45, 7) is 0. The molecule has 0 aliphatic carbocycles.